The fraction of sp³-hybridized carbons (Fsp3) is 0.643. The molecule has 0 radical (unpaired) electrons. The molecule has 1 saturated heterocycles. The number of imidazole rings is 1. The van der Waals surface area contributed by atoms with Crippen molar-refractivity contribution in [2.24, 2.45) is 0 Å². The molecule has 0 aromatic carbocycles. The molecule has 0 bridgehead atoms. The summed E-state index contributed by atoms with van der Waals surface area (Å²) in [6, 6.07) is 0.282. The molecule has 0 saturated carbocycles. The molecule has 2 atom stereocenters. The second-order valence-corrected chi connectivity index (χ2v) is 6.24. The first-order chi connectivity index (χ1) is 8.82. The number of unbranched alkanes of at least 4 members (excludes halogenated alkanes) is 2. The zero-order chi connectivity index (χ0) is 12.8. The fourth-order valence-electron chi connectivity index (χ4n) is 2.67. The molecule has 4 heteroatoms. The monoisotopic (exact) mass is 265 g/mol. The summed E-state index contributed by atoms with van der Waals surface area (Å²) in [5, 5.41) is 3.71. The lowest BCUT2D eigenvalue weighted by atomic mass is 10.00. The molecule has 0 amide bonds. The summed E-state index contributed by atoms with van der Waals surface area (Å²) in [5.41, 5.74) is 0. The van der Waals surface area contributed by atoms with Crippen LogP contribution in [0.2, 0.25) is 0 Å². The molecule has 0 aliphatic carbocycles. The molecule has 100 valence electrons. The summed E-state index contributed by atoms with van der Waals surface area (Å²) in [6.45, 7) is 7.38. The Morgan fingerprint density at radius 2 is 2.50 bits per heavy atom. The van der Waals surface area contributed by atoms with Crippen LogP contribution in [0.3, 0.4) is 0 Å². The summed E-state index contributed by atoms with van der Waals surface area (Å²) < 4.78 is 2.17. The van der Waals surface area contributed by atoms with E-state index >= 15 is 0 Å². The van der Waals surface area contributed by atoms with E-state index in [1.165, 1.54) is 31.4 Å². The van der Waals surface area contributed by atoms with Crippen molar-refractivity contribution in [2.75, 3.05) is 12.3 Å². The van der Waals surface area contributed by atoms with Crippen molar-refractivity contribution in [3.05, 3.63) is 31.4 Å². The van der Waals surface area contributed by atoms with Crippen LogP contribution in [0.5, 0.6) is 0 Å². The van der Waals surface area contributed by atoms with Gasteiger partial charge < -0.3 is 4.57 Å². The average Bonchev–Trinajstić information content (AvgIpc) is 3.03. The highest BCUT2D eigenvalue weighted by Crippen LogP contribution is 2.42. The smallest absolute Gasteiger partial charge is 0.0952 e. The third kappa shape index (κ3) is 2.81. The van der Waals surface area contributed by atoms with Crippen LogP contribution < -0.4 is 5.32 Å². The third-order valence-electron chi connectivity index (χ3n) is 3.58. The van der Waals surface area contributed by atoms with E-state index in [1.807, 2.05) is 30.5 Å². The number of nitrogens with zero attached hydrogens (tertiary/aromatic N) is 2. The molecular formula is C14H23N3S. The predicted octanol–water partition coefficient (Wildman–Crippen LogP) is 3.22. The Bertz CT molecular complexity index is 355. The van der Waals surface area contributed by atoms with Gasteiger partial charge in [-0.05, 0) is 6.42 Å². The van der Waals surface area contributed by atoms with Gasteiger partial charge in [0, 0.05) is 24.7 Å². The first kappa shape index (κ1) is 13.7. The van der Waals surface area contributed by atoms with E-state index in [0.29, 0.717) is 0 Å². The summed E-state index contributed by atoms with van der Waals surface area (Å²) >= 11 is 2.04. The minimum Gasteiger partial charge on any atom is -0.328 e. The van der Waals surface area contributed by atoms with Crippen molar-refractivity contribution >= 4 is 11.8 Å². The Hall–Kier alpha value is -0.740. The highest BCUT2D eigenvalue weighted by atomic mass is 32.2. The SMILES string of the molecule is C=CC(n1ccnc1)C1(CCCCC)NCCS1. The predicted molar refractivity (Wildman–Crippen MR) is 78.8 cm³/mol. The van der Waals surface area contributed by atoms with Crippen molar-refractivity contribution in [1.29, 1.82) is 0 Å². The Kier molecular flexibility index (Phi) is 4.89. The van der Waals surface area contributed by atoms with Crippen LogP contribution in [-0.2, 0) is 0 Å². The van der Waals surface area contributed by atoms with E-state index in [-0.39, 0.29) is 10.9 Å². The van der Waals surface area contributed by atoms with Gasteiger partial charge in [0.15, 0.2) is 0 Å². The number of hydrogen-bond acceptors (Lipinski definition) is 3. The van der Waals surface area contributed by atoms with Crippen LogP contribution in [0.15, 0.2) is 31.4 Å². The van der Waals surface area contributed by atoms with Crippen molar-refractivity contribution in [2.45, 2.75) is 43.5 Å². The molecule has 1 aromatic heterocycles. The van der Waals surface area contributed by atoms with Gasteiger partial charge in [-0.15, -0.1) is 18.3 Å². The molecule has 1 aliphatic heterocycles. The van der Waals surface area contributed by atoms with E-state index in [4.69, 9.17) is 0 Å². The lowest BCUT2D eigenvalue weighted by Gasteiger charge is -2.36. The van der Waals surface area contributed by atoms with Crippen LogP contribution >= 0.6 is 11.8 Å². The van der Waals surface area contributed by atoms with E-state index in [0.717, 1.165) is 6.54 Å². The fourth-order valence-corrected chi connectivity index (χ4v) is 4.12. The summed E-state index contributed by atoms with van der Waals surface area (Å²) in [5.74, 6) is 1.19. The summed E-state index contributed by atoms with van der Waals surface area (Å²) in [6.07, 6.45) is 12.9. The highest BCUT2D eigenvalue weighted by molar-refractivity contribution is 8.00. The van der Waals surface area contributed by atoms with Gasteiger partial charge in [0.1, 0.15) is 0 Å². The number of nitrogens with one attached hydrogen (secondary N) is 1. The first-order valence-corrected chi connectivity index (χ1v) is 7.80. The van der Waals surface area contributed by atoms with Crippen molar-refractivity contribution in [1.82, 2.24) is 14.9 Å². The van der Waals surface area contributed by atoms with E-state index in [2.05, 4.69) is 34.4 Å². The van der Waals surface area contributed by atoms with Gasteiger partial charge in [0.25, 0.3) is 0 Å². The van der Waals surface area contributed by atoms with Crippen molar-refractivity contribution in [3.8, 4) is 0 Å². The van der Waals surface area contributed by atoms with E-state index in [1.54, 1.807) is 0 Å². The van der Waals surface area contributed by atoms with Gasteiger partial charge in [0.2, 0.25) is 0 Å². The molecule has 1 fully saturated rings. The molecule has 3 nitrogen and oxygen atoms in total. The normalized spacial score (nSPS) is 25.2. The van der Waals surface area contributed by atoms with E-state index in [9.17, 15) is 0 Å². The second kappa shape index (κ2) is 6.43. The topological polar surface area (TPSA) is 29.9 Å². The minimum absolute atomic E-state index is 0.109. The van der Waals surface area contributed by atoms with Crippen molar-refractivity contribution < 1.29 is 0 Å². The standard InChI is InChI=1S/C14H23N3S/c1-3-5-6-7-14(16-9-11-18-14)13(4-2)17-10-8-15-12-17/h4,8,10,12-13,16H,2-3,5-7,9,11H2,1H3. The second-order valence-electron chi connectivity index (χ2n) is 4.81. The minimum atomic E-state index is 0.109. The van der Waals surface area contributed by atoms with Gasteiger partial charge >= 0.3 is 0 Å². The molecule has 1 aromatic rings. The molecule has 2 rings (SSSR count). The van der Waals surface area contributed by atoms with E-state index < -0.39 is 0 Å². The Balaban J connectivity index is 2.14. The number of hydrogen-bond donors (Lipinski definition) is 1. The van der Waals surface area contributed by atoms with Crippen LogP contribution in [0.25, 0.3) is 0 Å². The first-order valence-electron chi connectivity index (χ1n) is 6.81. The van der Waals surface area contributed by atoms with Gasteiger partial charge in [-0.3, -0.25) is 5.32 Å². The Labute approximate surface area is 114 Å². The van der Waals surface area contributed by atoms with Gasteiger partial charge in [-0.2, -0.15) is 0 Å². The number of aromatic nitrogens is 2. The molecule has 2 heterocycles. The molecule has 2 unspecified atom stereocenters. The lowest BCUT2D eigenvalue weighted by Crippen LogP contribution is -2.44. The van der Waals surface area contributed by atoms with Gasteiger partial charge in [-0.1, -0.05) is 32.3 Å². The Morgan fingerprint density at radius 1 is 1.61 bits per heavy atom. The van der Waals surface area contributed by atoms with Crippen LogP contribution in [0, 0.1) is 0 Å². The number of thioether (sulfide) groups is 1. The van der Waals surface area contributed by atoms with Crippen LogP contribution in [-0.4, -0.2) is 26.7 Å². The summed E-state index contributed by atoms with van der Waals surface area (Å²) in [4.78, 5) is 4.28. The quantitative estimate of drug-likeness (QED) is 0.606. The van der Waals surface area contributed by atoms with Crippen LogP contribution in [0.4, 0.5) is 0 Å². The van der Waals surface area contributed by atoms with Gasteiger partial charge in [-0.25, -0.2) is 4.98 Å². The molecular weight excluding hydrogens is 242 g/mol. The maximum atomic E-state index is 4.17. The largest absolute Gasteiger partial charge is 0.328 e. The Morgan fingerprint density at radius 3 is 3.06 bits per heavy atom. The number of rotatable bonds is 7. The maximum Gasteiger partial charge on any atom is 0.0952 e. The molecule has 0 spiro atoms. The molecule has 18 heavy (non-hydrogen) atoms. The third-order valence-corrected chi connectivity index (χ3v) is 5.10. The lowest BCUT2D eigenvalue weighted by molar-refractivity contribution is 0.349. The summed E-state index contributed by atoms with van der Waals surface area (Å²) in [7, 11) is 0. The van der Waals surface area contributed by atoms with Gasteiger partial charge in [0.05, 0.1) is 17.2 Å². The average molecular weight is 265 g/mol. The van der Waals surface area contributed by atoms with Crippen molar-refractivity contribution in [3.63, 3.8) is 0 Å². The molecule has 1 N–H and O–H groups in total. The maximum absolute atomic E-state index is 4.17. The highest BCUT2D eigenvalue weighted by Gasteiger charge is 2.40. The zero-order valence-electron chi connectivity index (χ0n) is 11.1. The van der Waals surface area contributed by atoms with Crippen LogP contribution in [0.1, 0.15) is 38.6 Å². The molecule has 1 aliphatic rings. The zero-order valence-corrected chi connectivity index (χ0v) is 12.0.